The molecule has 1 aromatic carbocycles. The average Bonchev–Trinajstić information content (AvgIpc) is 3.33. The van der Waals surface area contributed by atoms with Crippen molar-refractivity contribution in [1.82, 2.24) is 9.29 Å². The number of aryl methyl sites for hydroxylation is 1. The van der Waals surface area contributed by atoms with Gasteiger partial charge < -0.3 is 0 Å². The number of nitrogens with zero attached hydrogens (tertiary/aromatic N) is 2. The first-order valence-corrected chi connectivity index (χ1v) is 9.00. The minimum Gasteiger partial charge on any atom is -0.243 e. The number of hydrogen-bond acceptors (Lipinski definition) is 3. The van der Waals surface area contributed by atoms with Crippen LogP contribution >= 0.6 is 0 Å². The number of pyridine rings is 1. The van der Waals surface area contributed by atoms with Gasteiger partial charge >= 0.3 is 0 Å². The summed E-state index contributed by atoms with van der Waals surface area (Å²) < 4.78 is 27.5. The lowest BCUT2D eigenvalue weighted by Gasteiger charge is -2.22. The third-order valence-corrected chi connectivity index (χ3v) is 5.95. The Kier molecular flexibility index (Phi) is 4.27. The zero-order valence-corrected chi connectivity index (χ0v) is 13.5. The van der Waals surface area contributed by atoms with Crippen molar-refractivity contribution in [3.8, 4) is 0 Å². The lowest BCUT2D eigenvalue weighted by atomic mass is 10.1. The molecular formula is C17H20N2O2S. The highest BCUT2D eigenvalue weighted by atomic mass is 32.2. The van der Waals surface area contributed by atoms with E-state index in [0.717, 1.165) is 24.8 Å². The third kappa shape index (κ3) is 3.20. The highest BCUT2D eigenvalue weighted by Crippen LogP contribution is 2.32. The van der Waals surface area contributed by atoms with Crippen LogP contribution in [0.2, 0.25) is 0 Å². The van der Waals surface area contributed by atoms with Crippen LogP contribution in [-0.2, 0) is 16.4 Å². The van der Waals surface area contributed by atoms with E-state index in [1.54, 1.807) is 29.6 Å². The largest absolute Gasteiger partial charge is 0.261 e. The molecule has 0 bridgehead atoms. The summed E-state index contributed by atoms with van der Waals surface area (Å²) in [5, 5.41) is 0.190. The molecule has 0 atom stereocenters. The SMILES string of the molecule is Cc1cccnc1S(=O)(=O)N(CCc1ccccc1)C1CC1. The van der Waals surface area contributed by atoms with Crippen LogP contribution in [-0.4, -0.2) is 30.3 Å². The normalized spacial score (nSPS) is 15.2. The van der Waals surface area contributed by atoms with Crippen molar-refractivity contribution in [3.63, 3.8) is 0 Å². The van der Waals surface area contributed by atoms with Crippen LogP contribution in [0.3, 0.4) is 0 Å². The van der Waals surface area contributed by atoms with E-state index in [9.17, 15) is 8.42 Å². The van der Waals surface area contributed by atoms with Crippen molar-refractivity contribution >= 4 is 10.0 Å². The van der Waals surface area contributed by atoms with Gasteiger partial charge in [-0.3, -0.25) is 0 Å². The molecule has 0 unspecified atom stereocenters. The molecule has 0 amide bonds. The van der Waals surface area contributed by atoms with E-state index in [1.807, 2.05) is 30.3 Å². The first-order valence-electron chi connectivity index (χ1n) is 7.56. The molecule has 1 aromatic heterocycles. The summed E-state index contributed by atoms with van der Waals surface area (Å²) in [5.74, 6) is 0. The van der Waals surface area contributed by atoms with Crippen molar-refractivity contribution < 1.29 is 8.42 Å². The van der Waals surface area contributed by atoms with Crippen LogP contribution in [0.25, 0.3) is 0 Å². The standard InChI is InChI=1S/C17H20N2O2S/c1-14-6-5-12-18-17(14)22(20,21)19(16-9-10-16)13-11-15-7-3-2-4-8-15/h2-8,12,16H,9-11,13H2,1H3. The van der Waals surface area contributed by atoms with Gasteiger partial charge in [-0.2, -0.15) is 4.31 Å². The molecule has 5 heteroatoms. The molecule has 0 spiro atoms. The molecular weight excluding hydrogens is 296 g/mol. The van der Waals surface area contributed by atoms with Crippen LogP contribution in [0.4, 0.5) is 0 Å². The Morgan fingerprint density at radius 1 is 1.14 bits per heavy atom. The second kappa shape index (κ2) is 6.18. The number of aromatic nitrogens is 1. The Balaban J connectivity index is 1.83. The van der Waals surface area contributed by atoms with Gasteiger partial charge in [-0.1, -0.05) is 36.4 Å². The number of rotatable bonds is 6. The molecule has 0 radical (unpaired) electrons. The molecule has 0 N–H and O–H groups in total. The minimum atomic E-state index is -3.52. The fourth-order valence-electron chi connectivity index (χ4n) is 2.60. The van der Waals surface area contributed by atoms with Gasteiger partial charge in [0.2, 0.25) is 0 Å². The summed E-state index contributed by atoms with van der Waals surface area (Å²) in [5.41, 5.74) is 1.86. The highest BCUT2D eigenvalue weighted by Gasteiger charge is 2.38. The zero-order valence-electron chi connectivity index (χ0n) is 12.6. The Labute approximate surface area is 131 Å². The predicted molar refractivity (Wildman–Crippen MR) is 86.0 cm³/mol. The van der Waals surface area contributed by atoms with Crippen LogP contribution in [0.15, 0.2) is 53.7 Å². The number of benzene rings is 1. The van der Waals surface area contributed by atoms with E-state index in [1.165, 1.54) is 0 Å². The van der Waals surface area contributed by atoms with E-state index < -0.39 is 10.0 Å². The van der Waals surface area contributed by atoms with E-state index >= 15 is 0 Å². The third-order valence-electron chi connectivity index (χ3n) is 3.93. The van der Waals surface area contributed by atoms with E-state index in [4.69, 9.17) is 0 Å². The topological polar surface area (TPSA) is 50.3 Å². The molecule has 116 valence electrons. The summed E-state index contributed by atoms with van der Waals surface area (Å²) >= 11 is 0. The Morgan fingerprint density at radius 2 is 1.86 bits per heavy atom. The Morgan fingerprint density at radius 3 is 2.50 bits per heavy atom. The van der Waals surface area contributed by atoms with Crippen molar-refractivity contribution in [2.45, 2.75) is 37.3 Å². The summed E-state index contributed by atoms with van der Waals surface area (Å²) in [6.45, 7) is 2.30. The predicted octanol–water partition coefficient (Wildman–Crippen LogP) is 2.79. The molecule has 0 saturated heterocycles. The van der Waals surface area contributed by atoms with Crippen molar-refractivity contribution in [2.75, 3.05) is 6.54 Å². The van der Waals surface area contributed by atoms with Crippen LogP contribution in [0, 0.1) is 6.92 Å². The van der Waals surface area contributed by atoms with Gasteiger partial charge in [-0.15, -0.1) is 0 Å². The van der Waals surface area contributed by atoms with Gasteiger partial charge in [0.1, 0.15) is 0 Å². The maximum atomic E-state index is 12.9. The fourth-order valence-corrected chi connectivity index (χ4v) is 4.42. The molecule has 2 aromatic rings. The molecule has 1 heterocycles. The second-order valence-corrected chi connectivity index (χ2v) is 7.51. The van der Waals surface area contributed by atoms with Crippen LogP contribution < -0.4 is 0 Å². The van der Waals surface area contributed by atoms with Gasteiger partial charge in [-0.25, -0.2) is 13.4 Å². The maximum absolute atomic E-state index is 12.9. The van der Waals surface area contributed by atoms with Crippen molar-refractivity contribution in [3.05, 3.63) is 59.8 Å². The van der Waals surface area contributed by atoms with E-state index in [0.29, 0.717) is 12.1 Å². The monoisotopic (exact) mass is 316 g/mol. The summed E-state index contributed by atoms with van der Waals surface area (Å²) in [6, 6.07) is 13.7. The van der Waals surface area contributed by atoms with Gasteiger partial charge in [0.25, 0.3) is 10.0 Å². The zero-order chi connectivity index (χ0) is 15.6. The summed E-state index contributed by atoms with van der Waals surface area (Å²) in [4.78, 5) is 4.11. The number of sulfonamides is 1. The molecule has 4 nitrogen and oxygen atoms in total. The highest BCUT2D eigenvalue weighted by molar-refractivity contribution is 7.89. The Hall–Kier alpha value is -1.72. The van der Waals surface area contributed by atoms with Crippen LogP contribution in [0.1, 0.15) is 24.0 Å². The molecule has 1 aliphatic carbocycles. The van der Waals surface area contributed by atoms with Crippen LogP contribution in [0.5, 0.6) is 0 Å². The lowest BCUT2D eigenvalue weighted by Crippen LogP contribution is -2.35. The molecule has 22 heavy (non-hydrogen) atoms. The number of hydrogen-bond donors (Lipinski definition) is 0. The smallest absolute Gasteiger partial charge is 0.243 e. The maximum Gasteiger partial charge on any atom is 0.261 e. The molecule has 1 saturated carbocycles. The first-order chi connectivity index (χ1) is 10.6. The minimum absolute atomic E-state index is 0.134. The van der Waals surface area contributed by atoms with Crippen molar-refractivity contribution in [1.29, 1.82) is 0 Å². The average molecular weight is 316 g/mol. The first kappa shape index (κ1) is 15.2. The fraction of sp³-hybridized carbons (Fsp3) is 0.353. The van der Waals surface area contributed by atoms with Crippen molar-refractivity contribution in [2.24, 2.45) is 0 Å². The summed E-state index contributed by atoms with van der Waals surface area (Å²) in [7, 11) is -3.52. The van der Waals surface area contributed by atoms with Gasteiger partial charge in [0, 0.05) is 18.8 Å². The second-order valence-electron chi connectivity index (χ2n) is 5.71. The van der Waals surface area contributed by atoms with Gasteiger partial charge in [0.15, 0.2) is 5.03 Å². The van der Waals surface area contributed by atoms with E-state index in [2.05, 4.69) is 4.98 Å². The Bertz CT molecular complexity index is 740. The van der Waals surface area contributed by atoms with Gasteiger partial charge in [0.05, 0.1) is 0 Å². The molecule has 1 fully saturated rings. The molecule has 1 aliphatic rings. The molecule has 3 rings (SSSR count). The van der Waals surface area contributed by atoms with Gasteiger partial charge in [-0.05, 0) is 43.4 Å². The quantitative estimate of drug-likeness (QED) is 0.823. The lowest BCUT2D eigenvalue weighted by molar-refractivity contribution is 0.405. The van der Waals surface area contributed by atoms with E-state index in [-0.39, 0.29) is 11.1 Å². The summed E-state index contributed by atoms with van der Waals surface area (Å²) in [6.07, 6.45) is 4.16. The molecule has 0 aliphatic heterocycles.